The van der Waals surface area contributed by atoms with Crippen LogP contribution >= 0.6 is 11.8 Å². The van der Waals surface area contributed by atoms with Crippen LogP contribution in [0.5, 0.6) is 0 Å². The molecular formula is C16H28N2S. The third kappa shape index (κ3) is 5.98. The van der Waals surface area contributed by atoms with Gasteiger partial charge in [-0.05, 0) is 28.2 Å². The molecular weight excluding hydrogens is 252 g/mol. The lowest BCUT2D eigenvalue weighted by molar-refractivity contribution is 0.572. The van der Waals surface area contributed by atoms with Gasteiger partial charge in [0.15, 0.2) is 0 Å². The van der Waals surface area contributed by atoms with Gasteiger partial charge in [-0.1, -0.05) is 58.9 Å². The quantitative estimate of drug-likeness (QED) is 0.619. The van der Waals surface area contributed by atoms with Crippen LogP contribution in [0.15, 0.2) is 24.3 Å². The smallest absolute Gasteiger partial charge is 0.0341 e. The lowest BCUT2D eigenvalue weighted by Crippen LogP contribution is -2.39. The maximum absolute atomic E-state index is 5.64. The summed E-state index contributed by atoms with van der Waals surface area (Å²) in [5.74, 6) is 6.69. The number of hydrazine groups is 1. The fourth-order valence-corrected chi connectivity index (χ4v) is 2.73. The molecule has 0 amide bonds. The van der Waals surface area contributed by atoms with Crippen molar-refractivity contribution < 1.29 is 0 Å². The van der Waals surface area contributed by atoms with Crippen molar-refractivity contribution in [1.29, 1.82) is 0 Å². The van der Waals surface area contributed by atoms with Gasteiger partial charge in [-0.2, -0.15) is 11.8 Å². The van der Waals surface area contributed by atoms with E-state index in [-0.39, 0.29) is 5.41 Å². The highest BCUT2D eigenvalue weighted by molar-refractivity contribution is 7.99. The highest BCUT2D eigenvalue weighted by atomic mass is 32.2. The SMILES string of the molecule is CC(C)SCC(Cc1ccc(C(C)(C)C)cc1)NN. The van der Waals surface area contributed by atoms with Crippen LogP contribution in [-0.4, -0.2) is 17.0 Å². The average Bonchev–Trinajstić information content (AvgIpc) is 2.33. The molecule has 1 rings (SSSR count). The lowest BCUT2D eigenvalue weighted by Gasteiger charge is -2.20. The second-order valence-electron chi connectivity index (χ2n) is 6.40. The van der Waals surface area contributed by atoms with E-state index in [2.05, 4.69) is 64.3 Å². The van der Waals surface area contributed by atoms with Crippen LogP contribution < -0.4 is 11.3 Å². The second kappa shape index (κ2) is 7.32. The summed E-state index contributed by atoms with van der Waals surface area (Å²) in [5, 5.41) is 0.652. The molecule has 0 spiro atoms. The highest BCUT2D eigenvalue weighted by Crippen LogP contribution is 2.22. The topological polar surface area (TPSA) is 38.0 Å². The van der Waals surface area contributed by atoms with Crippen molar-refractivity contribution in [3.63, 3.8) is 0 Å². The third-order valence-electron chi connectivity index (χ3n) is 3.17. The van der Waals surface area contributed by atoms with E-state index in [1.807, 2.05) is 11.8 Å². The molecule has 0 bridgehead atoms. The number of rotatable bonds is 6. The molecule has 108 valence electrons. The van der Waals surface area contributed by atoms with E-state index >= 15 is 0 Å². The van der Waals surface area contributed by atoms with Gasteiger partial charge in [-0.15, -0.1) is 0 Å². The maximum atomic E-state index is 5.64. The van der Waals surface area contributed by atoms with Crippen molar-refractivity contribution in [2.24, 2.45) is 5.84 Å². The highest BCUT2D eigenvalue weighted by Gasteiger charge is 2.14. The Kier molecular flexibility index (Phi) is 6.37. The number of thioether (sulfide) groups is 1. The molecule has 1 atom stereocenters. The fourth-order valence-electron chi connectivity index (χ4n) is 1.90. The fraction of sp³-hybridized carbons (Fsp3) is 0.625. The normalized spacial score (nSPS) is 13.8. The first kappa shape index (κ1) is 16.5. The third-order valence-corrected chi connectivity index (χ3v) is 4.43. The molecule has 0 saturated heterocycles. The Labute approximate surface area is 122 Å². The summed E-state index contributed by atoms with van der Waals surface area (Å²) < 4.78 is 0. The zero-order chi connectivity index (χ0) is 14.5. The molecule has 2 nitrogen and oxygen atoms in total. The van der Waals surface area contributed by atoms with Gasteiger partial charge in [-0.3, -0.25) is 11.3 Å². The maximum Gasteiger partial charge on any atom is 0.0341 e. The summed E-state index contributed by atoms with van der Waals surface area (Å²) in [5.41, 5.74) is 5.88. The molecule has 0 aliphatic carbocycles. The zero-order valence-corrected chi connectivity index (χ0v) is 13.7. The van der Waals surface area contributed by atoms with E-state index in [0.29, 0.717) is 11.3 Å². The molecule has 0 aliphatic rings. The first-order valence-corrected chi connectivity index (χ1v) is 8.05. The van der Waals surface area contributed by atoms with Crippen LogP contribution in [0, 0.1) is 0 Å². The van der Waals surface area contributed by atoms with Crippen molar-refractivity contribution >= 4 is 11.8 Å². The number of hydrogen-bond acceptors (Lipinski definition) is 3. The van der Waals surface area contributed by atoms with Crippen molar-refractivity contribution in [2.45, 2.75) is 57.7 Å². The summed E-state index contributed by atoms with van der Waals surface area (Å²) in [7, 11) is 0. The Morgan fingerprint density at radius 2 is 1.74 bits per heavy atom. The van der Waals surface area contributed by atoms with E-state index in [1.165, 1.54) is 11.1 Å². The first-order valence-electron chi connectivity index (χ1n) is 7.00. The predicted octanol–water partition coefficient (Wildman–Crippen LogP) is 3.50. The molecule has 1 aromatic carbocycles. The minimum Gasteiger partial charge on any atom is -0.271 e. The van der Waals surface area contributed by atoms with Crippen molar-refractivity contribution in [3.05, 3.63) is 35.4 Å². The van der Waals surface area contributed by atoms with Crippen molar-refractivity contribution in [2.75, 3.05) is 5.75 Å². The summed E-state index contributed by atoms with van der Waals surface area (Å²) in [6.07, 6.45) is 0.987. The Bertz CT molecular complexity index is 365. The molecule has 0 radical (unpaired) electrons. The van der Waals surface area contributed by atoms with E-state index < -0.39 is 0 Å². The van der Waals surface area contributed by atoms with E-state index in [9.17, 15) is 0 Å². The van der Waals surface area contributed by atoms with Crippen molar-refractivity contribution in [3.8, 4) is 0 Å². The van der Waals surface area contributed by atoms with Gasteiger partial charge >= 0.3 is 0 Å². The Morgan fingerprint density at radius 1 is 1.16 bits per heavy atom. The molecule has 0 aliphatic heterocycles. The Morgan fingerprint density at radius 3 is 2.16 bits per heavy atom. The summed E-state index contributed by atoms with van der Waals surface area (Å²) in [6, 6.07) is 9.26. The molecule has 0 fully saturated rings. The van der Waals surface area contributed by atoms with Gasteiger partial charge in [0.1, 0.15) is 0 Å². The monoisotopic (exact) mass is 280 g/mol. The summed E-state index contributed by atoms with van der Waals surface area (Å²) in [4.78, 5) is 0. The summed E-state index contributed by atoms with van der Waals surface area (Å²) in [6.45, 7) is 11.2. The van der Waals surface area contributed by atoms with E-state index in [1.54, 1.807) is 0 Å². The zero-order valence-electron chi connectivity index (χ0n) is 12.9. The van der Waals surface area contributed by atoms with Gasteiger partial charge in [-0.25, -0.2) is 0 Å². The molecule has 3 N–H and O–H groups in total. The van der Waals surface area contributed by atoms with Gasteiger partial charge in [0, 0.05) is 11.8 Å². The average molecular weight is 280 g/mol. The van der Waals surface area contributed by atoms with Gasteiger partial charge in [0.25, 0.3) is 0 Å². The molecule has 0 heterocycles. The van der Waals surface area contributed by atoms with Gasteiger partial charge < -0.3 is 0 Å². The minimum atomic E-state index is 0.220. The minimum absolute atomic E-state index is 0.220. The van der Waals surface area contributed by atoms with Crippen LogP contribution in [-0.2, 0) is 11.8 Å². The van der Waals surface area contributed by atoms with Crippen LogP contribution in [0.1, 0.15) is 45.7 Å². The van der Waals surface area contributed by atoms with E-state index in [4.69, 9.17) is 5.84 Å². The number of benzene rings is 1. The van der Waals surface area contributed by atoms with Crippen LogP contribution in [0.4, 0.5) is 0 Å². The standard InChI is InChI=1S/C16H28N2S/c1-12(2)19-11-15(18-17)10-13-6-8-14(9-7-13)16(3,4)5/h6-9,12,15,18H,10-11,17H2,1-5H3. The molecule has 3 heteroatoms. The number of nitrogens with two attached hydrogens (primary N) is 1. The molecule has 19 heavy (non-hydrogen) atoms. The first-order chi connectivity index (χ1) is 8.82. The second-order valence-corrected chi connectivity index (χ2v) is 8.01. The molecule has 1 unspecified atom stereocenters. The number of hydrogen-bond donors (Lipinski definition) is 2. The Hall–Kier alpha value is -0.510. The number of nitrogens with one attached hydrogen (secondary N) is 1. The summed E-state index contributed by atoms with van der Waals surface area (Å²) >= 11 is 1.95. The van der Waals surface area contributed by atoms with Gasteiger partial charge in [0.05, 0.1) is 0 Å². The Balaban J connectivity index is 2.60. The van der Waals surface area contributed by atoms with Crippen LogP contribution in [0.25, 0.3) is 0 Å². The van der Waals surface area contributed by atoms with Crippen LogP contribution in [0.3, 0.4) is 0 Å². The largest absolute Gasteiger partial charge is 0.271 e. The van der Waals surface area contributed by atoms with Crippen molar-refractivity contribution in [1.82, 2.24) is 5.43 Å². The van der Waals surface area contributed by atoms with E-state index in [0.717, 1.165) is 12.2 Å². The molecule has 1 aromatic rings. The lowest BCUT2D eigenvalue weighted by atomic mass is 9.86. The van der Waals surface area contributed by atoms with Crippen LogP contribution in [0.2, 0.25) is 0 Å². The van der Waals surface area contributed by atoms with Gasteiger partial charge in [0.2, 0.25) is 0 Å². The molecule has 0 saturated carbocycles. The predicted molar refractivity (Wildman–Crippen MR) is 87.6 cm³/mol. The molecule has 0 aromatic heterocycles.